The van der Waals surface area contributed by atoms with E-state index in [2.05, 4.69) is 5.32 Å². The Bertz CT molecular complexity index is 1070. The van der Waals surface area contributed by atoms with E-state index in [4.69, 9.17) is 5.10 Å². The standard InChI is InChI=1S/C24H24FN3O/c1-24(2,17-6-4-3-5-7-17)26-23(29)21-20-13-16-12-19(16)22(20)28(27-21)14-15-8-10-18(25)11-9-15/h3-11,16,19H,12-14H2,1-2H3,(H,26,29)/t16-,19-/m1/s1. The minimum Gasteiger partial charge on any atom is -0.342 e. The number of aromatic nitrogens is 2. The van der Waals surface area contributed by atoms with Gasteiger partial charge < -0.3 is 5.32 Å². The second-order valence-corrected chi connectivity index (χ2v) is 8.75. The molecule has 1 N–H and O–H groups in total. The van der Waals surface area contributed by atoms with Crippen molar-refractivity contribution in [3.8, 4) is 0 Å². The number of carbonyl (C=O) groups is 1. The van der Waals surface area contributed by atoms with E-state index in [9.17, 15) is 9.18 Å². The van der Waals surface area contributed by atoms with Crippen LogP contribution in [-0.2, 0) is 18.5 Å². The first kappa shape index (κ1) is 18.1. The largest absolute Gasteiger partial charge is 0.342 e. The molecule has 0 radical (unpaired) electrons. The Morgan fingerprint density at radius 1 is 1.17 bits per heavy atom. The van der Waals surface area contributed by atoms with Crippen molar-refractivity contribution in [2.75, 3.05) is 0 Å². The molecule has 2 aromatic carbocycles. The fourth-order valence-corrected chi connectivity index (χ4v) is 4.53. The Labute approximate surface area is 169 Å². The Morgan fingerprint density at radius 3 is 2.62 bits per heavy atom. The van der Waals surface area contributed by atoms with Gasteiger partial charge in [-0.25, -0.2) is 4.39 Å². The third-order valence-corrected chi connectivity index (χ3v) is 6.22. The molecule has 0 saturated heterocycles. The predicted octanol–water partition coefficient (Wildman–Crippen LogP) is 4.40. The van der Waals surface area contributed by atoms with Gasteiger partial charge in [0.25, 0.3) is 5.91 Å². The van der Waals surface area contributed by atoms with E-state index < -0.39 is 5.54 Å². The third kappa shape index (κ3) is 3.24. The lowest BCUT2D eigenvalue weighted by atomic mass is 9.94. The molecule has 29 heavy (non-hydrogen) atoms. The van der Waals surface area contributed by atoms with Gasteiger partial charge in [-0.05, 0) is 55.9 Å². The quantitative estimate of drug-likeness (QED) is 0.703. The summed E-state index contributed by atoms with van der Waals surface area (Å²) in [5.74, 6) is 0.789. The van der Waals surface area contributed by atoms with E-state index in [0.717, 1.165) is 23.1 Å². The molecule has 0 spiro atoms. The molecule has 148 valence electrons. The van der Waals surface area contributed by atoms with Crippen LogP contribution in [0.5, 0.6) is 0 Å². The van der Waals surface area contributed by atoms with Crippen molar-refractivity contribution in [3.05, 3.63) is 88.5 Å². The topological polar surface area (TPSA) is 46.9 Å². The molecule has 3 aromatic rings. The summed E-state index contributed by atoms with van der Waals surface area (Å²) in [6.45, 7) is 4.57. The van der Waals surface area contributed by atoms with Crippen molar-refractivity contribution >= 4 is 5.91 Å². The van der Waals surface area contributed by atoms with Gasteiger partial charge in [-0.2, -0.15) is 5.10 Å². The van der Waals surface area contributed by atoms with Crippen LogP contribution in [0.15, 0.2) is 54.6 Å². The lowest BCUT2D eigenvalue weighted by Gasteiger charge is -2.26. The third-order valence-electron chi connectivity index (χ3n) is 6.22. The highest BCUT2D eigenvalue weighted by atomic mass is 19.1. The first-order valence-corrected chi connectivity index (χ1v) is 10.1. The highest BCUT2D eigenvalue weighted by Gasteiger charge is 2.50. The van der Waals surface area contributed by atoms with Crippen LogP contribution in [0.3, 0.4) is 0 Å². The number of benzene rings is 2. The molecule has 2 aliphatic rings. The van der Waals surface area contributed by atoms with Crippen molar-refractivity contribution < 1.29 is 9.18 Å². The molecule has 1 amide bonds. The molecule has 5 rings (SSSR count). The molecule has 0 bridgehead atoms. The van der Waals surface area contributed by atoms with Gasteiger partial charge >= 0.3 is 0 Å². The van der Waals surface area contributed by atoms with Crippen molar-refractivity contribution in [1.29, 1.82) is 0 Å². The smallest absolute Gasteiger partial charge is 0.272 e. The Hall–Kier alpha value is -2.95. The zero-order valence-corrected chi connectivity index (χ0v) is 16.7. The lowest BCUT2D eigenvalue weighted by Crippen LogP contribution is -2.41. The summed E-state index contributed by atoms with van der Waals surface area (Å²) in [6.07, 6.45) is 2.11. The maximum Gasteiger partial charge on any atom is 0.272 e. The van der Waals surface area contributed by atoms with Gasteiger partial charge in [-0.1, -0.05) is 42.5 Å². The second-order valence-electron chi connectivity index (χ2n) is 8.75. The molecule has 1 heterocycles. The highest BCUT2D eigenvalue weighted by molar-refractivity contribution is 5.95. The fourth-order valence-electron chi connectivity index (χ4n) is 4.53. The van der Waals surface area contributed by atoms with E-state index in [1.54, 1.807) is 12.1 Å². The first-order chi connectivity index (χ1) is 13.9. The van der Waals surface area contributed by atoms with Gasteiger partial charge in [0.05, 0.1) is 12.1 Å². The summed E-state index contributed by atoms with van der Waals surface area (Å²) < 4.78 is 15.2. The van der Waals surface area contributed by atoms with Crippen LogP contribution >= 0.6 is 0 Å². The predicted molar refractivity (Wildman–Crippen MR) is 109 cm³/mol. The lowest BCUT2D eigenvalue weighted by molar-refractivity contribution is 0.0905. The molecule has 1 fully saturated rings. The van der Waals surface area contributed by atoms with E-state index >= 15 is 0 Å². The minimum atomic E-state index is -0.493. The summed E-state index contributed by atoms with van der Waals surface area (Å²) in [4.78, 5) is 13.2. The number of nitrogens with one attached hydrogen (secondary N) is 1. The van der Waals surface area contributed by atoms with Crippen LogP contribution in [0.25, 0.3) is 0 Å². The molecule has 1 aromatic heterocycles. The number of rotatable bonds is 5. The average molecular weight is 389 g/mol. The number of carbonyl (C=O) groups excluding carboxylic acids is 1. The van der Waals surface area contributed by atoms with Crippen molar-refractivity contribution in [2.24, 2.45) is 5.92 Å². The summed E-state index contributed by atoms with van der Waals surface area (Å²) in [5.41, 5.74) is 4.37. The van der Waals surface area contributed by atoms with Crippen LogP contribution in [0.1, 0.15) is 59.1 Å². The maximum atomic E-state index is 13.2. The normalized spacial score (nSPS) is 19.6. The van der Waals surface area contributed by atoms with E-state index in [-0.39, 0.29) is 11.7 Å². The van der Waals surface area contributed by atoms with Crippen molar-refractivity contribution in [1.82, 2.24) is 15.1 Å². The van der Waals surface area contributed by atoms with E-state index in [0.29, 0.717) is 24.1 Å². The van der Waals surface area contributed by atoms with Gasteiger partial charge in [0.1, 0.15) is 5.82 Å². The molecule has 0 unspecified atom stereocenters. The van der Waals surface area contributed by atoms with Gasteiger partial charge in [0.2, 0.25) is 0 Å². The Kier molecular flexibility index (Phi) is 4.09. The fraction of sp³-hybridized carbons (Fsp3) is 0.333. The SMILES string of the molecule is CC(C)(NC(=O)c1nn(Cc2ccc(F)cc2)c2c1C[C@H]1C[C@@H]21)c1ccccc1. The Balaban J connectivity index is 1.44. The van der Waals surface area contributed by atoms with Crippen molar-refractivity contribution in [2.45, 2.75) is 44.7 Å². The van der Waals surface area contributed by atoms with Crippen LogP contribution in [-0.4, -0.2) is 15.7 Å². The highest BCUT2D eigenvalue weighted by Crippen LogP contribution is 2.57. The van der Waals surface area contributed by atoms with Gasteiger partial charge in [-0.15, -0.1) is 0 Å². The molecular weight excluding hydrogens is 365 g/mol. The average Bonchev–Trinajstić information content (AvgIpc) is 3.22. The summed E-state index contributed by atoms with van der Waals surface area (Å²) in [6, 6.07) is 16.5. The van der Waals surface area contributed by atoms with Gasteiger partial charge in [0.15, 0.2) is 5.69 Å². The first-order valence-electron chi connectivity index (χ1n) is 10.1. The zero-order valence-electron chi connectivity index (χ0n) is 16.7. The zero-order chi connectivity index (χ0) is 20.2. The van der Waals surface area contributed by atoms with Gasteiger partial charge in [-0.3, -0.25) is 9.48 Å². The van der Waals surface area contributed by atoms with Gasteiger partial charge in [0, 0.05) is 17.2 Å². The number of fused-ring (bicyclic) bond motifs is 3. The molecule has 2 aliphatic carbocycles. The van der Waals surface area contributed by atoms with E-state index in [1.807, 2.05) is 48.9 Å². The van der Waals surface area contributed by atoms with Crippen LogP contribution in [0.2, 0.25) is 0 Å². The molecule has 2 atom stereocenters. The van der Waals surface area contributed by atoms with Crippen LogP contribution < -0.4 is 5.32 Å². The summed E-state index contributed by atoms with van der Waals surface area (Å²) in [7, 11) is 0. The monoisotopic (exact) mass is 389 g/mol. The molecule has 1 saturated carbocycles. The molecule has 0 aliphatic heterocycles. The van der Waals surface area contributed by atoms with Crippen molar-refractivity contribution in [3.63, 3.8) is 0 Å². The number of hydrogen-bond donors (Lipinski definition) is 1. The second kappa shape index (κ2) is 6.55. The number of nitrogens with zero attached hydrogens (tertiary/aromatic N) is 2. The number of halogens is 1. The summed E-state index contributed by atoms with van der Waals surface area (Å²) in [5, 5.41) is 7.88. The maximum absolute atomic E-state index is 13.2. The number of amides is 1. The Morgan fingerprint density at radius 2 is 1.90 bits per heavy atom. The molecule has 5 heteroatoms. The van der Waals surface area contributed by atoms with Crippen LogP contribution in [0.4, 0.5) is 4.39 Å². The molecule has 4 nitrogen and oxygen atoms in total. The minimum absolute atomic E-state index is 0.130. The number of hydrogen-bond acceptors (Lipinski definition) is 2. The van der Waals surface area contributed by atoms with E-state index in [1.165, 1.54) is 24.2 Å². The van der Waals surface area contributed by atoms with Crippen LogP contribution in [0, 0.1) is 11.7 Å². The molecular formula is C24H24FN3O. The summed E-state index contributed by atoms with van der Waals surface area (Å²) >= 11 is 0.